The number of hydrogen-bond acceptors (Lipinski definition) is 4. The smallest absolute Gasteiger partial charge is 0.264 e. The first-order valence-electron chi connectivity index (χ1n) is 7.10. The zero-order valence-corrected chi connectivity index (χ0v) is 13.9. The summed E-state index contributed by atoms with van der Waals surface area (Å²) in [5, 5.41) is 0. The fraction of sp³-hybridized carbons (Fsp3) is 0.188. The van der Waals surface area contributed by atoms with Crippen molar-refractivity contribution in [2.45, 2.75) is 11.8 Å². The van der Waals surface area contributed by atoms with Crippen molar-refractivity contribution >= 4 is 27.3 Å². The number of benzene rings is 2. The number of nitrogens with one attached hydrogen (secondary N) is 1. The van der Waals surface area contributed by atoms with E-state index in [1.54, 1.807) is 13.1 Å². The third-order valence-corrected chi connectivity index (χ3v) is 5.12. The van der Waals surface area contributed by atoms with Crippen LogP contribution in [0.4, 0.5) is 15.8 Å². The lowest BCUT2D eigenvalue weighted by atomic mass is 10.2. The van der Waals surface area contributed by atoms with Crippen molar-refractivity contribution in [2.75, 3.05) is 23.3 Å². The van der Waals surface area contributed by atoms with Gasteiger partial charge >= 0.3 is 0 Å². The minimum atomic E-state index is -3.87. The Hall–Kier alpha value is -2.61. The van der Waals surface area contributed by atoms with Crippen molar-refractivity contribution in [3.8, 4) is 5.75 Å². The zero-order chi connectivity index (χ0) is 17.5. The Morgan fingerprint density at radius 2 is 1.96 bits per heavy atom. The van der Waals surface area contributed by atoms with E-state index in [4.69, 9.17) is 4.74 Å². The van der Waals surface area contributed by atoms with Gasteiger partial charge in [0, 0.05) is 7.05 Å². The first-order valence-corrected chi connectivity index (χ1v) is 8.58. The van der Waals surface area contributed by atoms with E-state index < -0.39 is 15.8 Å². The molecule has 24 heavy (non-hydrogen) atoms. The van der Waals surface area contributed by atoms with Crippen LogP contribution < -0.4 is 14.4 Å². The van der Waals surface area contributed by atoms with Crippen LogP contribution >= 0.6 is 0 Å². The molecule has 1 aliphatic rings. The third kappa shape index (κ3) is 2.92. The number of likely N-dealkylation sites (N-methyl/N-ethyl adjacent to an activating group) is 1. The van der Waals surface area contributed by atoms with Crippen LogP contribution in [0.15, 0.2) is 41.3 Å². The van der Waals surface area contributed by atoms with Gasteiger partial charge in [-0.2, -0.15) is 0 Å². The Morgan fingerprint density at radius 3 is 2.67 bits per heavy atom. The number of carbonyl (C=O) groups excluding carboxylic acids is 1. The van der Waals surface area contributed by atoms with Crippen LogP contribution in [-0.4, -0.2) is 28.0 Å². The van der Waals surface area contributed by atoms with Crippen molar-refractivity contribution in [3.63, 3.8) is 0 Å². The van der Waals surface area contributed by atoms with Gasteiger partial charge in [-0.05, 0) is 48.9 Å². The van der Waals surface area contributed by atoms with Gasteiger partial charge in [0.2, 0.25) is 0 Å². The summed E-state index contributed by atoms with van der Waals surface area (Å²) in [7, 11) is -2.28. The molecule has 6 nitrogen and oxygen atoms in total. The summed E-state index contributed by atoms with van der Waals surface area (Å²) in [6.07, 6.45) is 0. The summed E-state index contributed by atoms with van der Waals surface area (Å²) in [4.78, 5) is 13.0. The number of aryl methyl sites for hydroxylation is 1. The normalized spacial score (nSPS) is 14.1. The molecule has 1 heterocycles. The SMILES string of the molecule is Cc1cc(S(=O)(=O)Nc2ccc3c(c2)N(C)C(=O)CO3)ccc1F. The van der Waals surface area contributed by atoms with Crippen LogP contribution in [0.25, 0.3) is 0 Å². The Balaban J connectivity index is 1.93. The summed E-state index contributed by atoms with van der Waals surface area (Å²) >= 11 is 0. The Kier molecular flexibility index (Phi) is 3.92. The van der Waals surface area contributed by atoms with Crippen molar-refractivity contribution < 1.29 is 22.3 Å². The number of anilines is 2. The highest BCUT2D eigenvalue weighted by Gasteiger charge is 2.23. The molecule has 0 spiro atoms. The molecule has 0 fully saturated rings. The van der Waals surface area contributed by atoms with Gasteiger partial charge in [0.05, 0.1) is 16.3 Å². The molecular weight excluding hydrogens is 335 g/mol. The van der Waals surface area contributed by atoms with Gasteiger partial charge in [0.1, 0.15) is 11.6 Å². The molecule has 2 aromatic rings. The number of rotatable bonds is 3. The number of fused-ring (bicyclic) bond motifs is 1. The number of ether oxygens (including phenoxy) is 1. The quantitative estimate of drug-likeness (QED) is 0.922. The highest BCUT2D eigenvalue weighted by atomic mass is 32.2. The van der Waals surface area contributed by atoms with E-state index in [0.717, 1.165) is 6.07 Å². The lowest BCUT2D eigenvalue weighted by Gasteiger charge is -2.26. The van der Waals surface area contributed by atoms with E-state index in [-0.39, 0.29) is 28.7 Å². The lowest BCUT2D eigenvalue weighted by Crippen LogP contribution is -2.35. The minimum absolute atomic E-state index is 0.0419. The molecule has 0 bridgehead atoms. The molecule has 0 aromatic heterocycles. The van der Waals surface area contributed by atoms with E-state index in [1.165, 1.54) is 36.1 Å². The predicted molar refractivity (Wildman–Crippen MR) is 87.3 cm³/mol. The van der Waals surface area contributed by atoms with E-state index in [1.807, 2.05) is 0 Å². The summed E-state index contributed by atoms with van der Waals surface area (Å²) in [5.41, 5.74) is 0.990. The molecule has 3 rings (SSSR count). The summed E-state index contributed by atoms with van der Waals surface area (Å²) in [5.74, 6) is -0.200. The second-order valence-corrected chi connectivity index (χ2v) is 7.12. The van der Waals surface area contributed by atoms with E-state index in [0.29, 0.717) is 11.4 Å². The van der Waals surface area contributed by atoms with Crippen LogP contribution in [0.1, 0.15) is 5.56 Å². The van der Waals surface area contributed by atoms with Crippen LogP contribution in [-0.2, 0) is 14.8 Å². The highest BCUT2D eigenvalue weighted by molar-refractivity contribution is 7.92. The number of amides is 1. The van der Waals surface area contributed by atoms with Crippen molar-refractivity contribution in [1.82, 2.24) is 0 Å². The molecule has 2 aromatic carbocycles. The predicted octanol–water partition coefficient (Wildman–Crippen LogP) is 2.29. The van der Waals surface area contributed by atoms with E-state index in [9.17, 15) is 17.6 Å². The largest absolute Gasteiger partial charge is 0.482 e. The van der Waals surface area contributed by atoms with Crippen LogP contribution in [0, 0.1) is 12.7 Å². The topological polar surface area (TPSA) is 75.7 Å². The molecule has 0 atom stereocenters. The zero-order valence-electron chi connectivity index (χ0n) is 13.0. The third-order valence-electron chi connectivity index (χ3n) is 3.74. The Bertz CT molecular complexity index is 928. The molecule has 1 amide bonds. The van der Waals surface area contributed by atoms with Gasteiger partial charge in [-0.15, -0.1) is 0 Å². The molecule has 1 N–H and O–H groups in total. The maximum atomic E-state index is 13.3. The summed E-state index contributed by atoms with van der Waals surface area (Å²) in [6.45, 7) is 1.44. The van der Waals surface area contributed by atoms with Gasteiger partial charge in [-0.1, -0.05) is 0 Å². The highest BCUT2D eigenvalue weighted by Crippen LogP contribution is 2.34. The van der Waals surface area contributed by atoms with Gasteiger partial charge in [-0.3, -0.25) is 9.52 Å². The average molecular weight is 350 g/mol. The fourth-order valence-electron chi connectivity index (χ4n) is 2.33. The Labute approximate surface area is 138 Å². The monoisotopic (exact) mass is 350 g/mol. The second-order valence-electron chi connectivity index (χ2n) is 5.44. The van der Waals surface area contributed by atoms with E-state index in [2.05, 4.69) is 4.72 Å². The maximum Gasteiger partial charge on any atom is 0.264 e. The molecule has 0 aliphatic carbocycles. The van der Waals surface area contributed by atoms with Gasteiger partial charge in [0.15, 0.2) is 6.61 Å². The molecule has 0 saturated carbocycles. The van der Waals surface area contributed by atoms with Crippen LogP contribution in [0.3, 0.4) is 0 Å². The standard InChI is InChI=1S/C16H15FN2O4S/c1-10-7-12(4-5-13(10)17)24(21,22)18-11-3-6-15-14(8-11)19(2)16(20)9-23-15/h3-8,18H,9H2,1-2H3. The number of hydrogen-bond donors (Lipinski definition) is 1. The fourth-order valence-corrected chi connectivity index (χ4v) is 3.47. The Morgan fingerprint density at radius 1 is 1.21 bits per heavy atom. The average Bonchev–Trinajstić information content (AvgIpc) is 2.53. The number of nitrogens with zero attached hydrogens (tertiary/aromatic N) is 1. The first kappa shape index (κ1) is 16.3. The van der Waals surface area contributed by atoms with Crippen molar-refractivity contribution in [3.05, 3.63) is 47.8 Å². The lowest BCUT2D eigenvalue weighted by molar-refractivity contribution is -0.120. The molecule has 126 valence electrons. The first-order chi connectivity index (χ1) is 11.3. The van der Waals surface area contributed by atoms with Gasteiger partial charge in [-0.25, -0.2) is 12.8 Å². The molecule has 8 heteroatoms. The molecule has 0 saturated heterocycles. The number of halogens is 1. The van der Waals surface area contributed by atoms with Crippen LogP contribution in [0.5, 0.6) is 5.75 Å². The van der Waals surface area contributed by atoms with Gasteiger partial charge in [0.25, 0.3) is 15.9 Å². The maximum absolute atomic E-state index is 13.3. The molecule has 1 aliphatic heterocycles. The minimum Gasteiger partial charge on any atom is -0.482 e. The molecule has 0 radical (unpaired) electrons. The van der Waals surface area contributed by atoms with Gasteiger partial charge < -0.3 is 9.64 Å². The van der Waals surface area contributed by atoms with Crippen LogP contribution in [0.2, 0.25) is 0 Å². The number of sulfonamides is 1. The van der Waals surface area contributed by atoms with E-state index >= 15 is 0 Å². The molecular formula is C16H15FN2O4S. The van der Waals surface area contributed by atoms with Crippen molar-refractivity contribution in [2.24, 2.45) is 0 Å². The van der Waals surface area contributed by atoms with Crippen molar-refractivity contribution in [1.29, 1.82) is 0 Å². The summed E-state index contributed by atoms with van der Waals surface area (Å²) in [6, 6.07) is 8.20. The summed E-state index contributed by atoms with van der Waals surface area (Å²) < 4.78 is 45.9. The number of carbonyl (C=O) groups is 1. The molecule has 0 unspecified atom stereocenters. The second kappa shape index (κ2) is 5.79.